The molecule has 0 saturated carbocycles. The zero-order valence-electron chi connectivity index (χ0n) is 17.8. The molecule has 0 bridgehead atoms. The van der Waals surface area contributed by atoms with Gasteiger partial charge in [0.1, 0.15) is 6.07 Å². The van der Waals surface area contributed by atoms with Crippen LogP contribution < -0.4 is 15.0 Å². The van der Waals surface area contributed by atoms with Crippen molar-refractivity contribution in [3.63, 3.8) is 0 Å². The number of oxazole rings is 1. The average Bonchev–Trinajstić information content (AvgIpc) is 3.49. The van der Waals surface area contributed by atoms with E-state index in [1.54, 1.807) is 24.3 Å². The van der Waals surface area contributed by atoms with Crippen LogP contribution in [0.15, 0.2) is 45.4 Å². The van der Waals surface area contributed by atoms with Crippen molar-refractivity contribution in [3.05, 3.63) is 53.7 Å². The van der Waals surface area contributed by atoms with Gasteiger partial charge in [0.2, 0.25) is 17.5 Å². The summed E-state index contributed by atoms with van der Waals surface area (Å²) >= 11 is 0. The third-order valence-corrected chi connectivity index (χ3v) is 5.63. The van der Waals surface area contributed by atoms with Crippen LogP contribution in [0.1, 0.15) is 37.1 Å². The molecule has 166 valence electrons. The number of methoxy groups -OCH3 is 1. The summed E-state index contributed by atoms with van der Waals surface area (Å²) in [6.07, 6.45) is 2.70. The number of halogens is 1. The lowest BCUT2D eigenvalue weighted by molar-refractivity contribution is -0.126. The molecule has 8 nitrogen and oxygen atoms in total. The van der Waals surface area contributed by atoms with E-state index in [0.29, 0.717) is 43.1 Å². The highest BCUT2D eigenvalue weighted by Crippen LogP contribution is 2.31. The van der Waals surface area contributed by atoms with Gasteiger partial charge in [0.05, 0.1) is 19.4 Å². The third-order valence-electron chi connectivity index (χ3n) is 5.63. The van der Waals surface area contributed by atoms with Gasteiger partial charge in [-0.05, 0) is 49.6 Å². The maximum absolute atomic E-state index is 14.0. The third kappa shape index (κ3) is 4.30. The van der Waals surface area contributed by atoms with Gasteiger partial charge in [0.25, 0.3) is 5.89 Å². The number of aromatic nitrogens is 1. The maximum Gasteiger partial charge on any atom is 0.266 e. The van der Waals surface area contributed by atoms with Crippen molar-refractivity contribution in [2.75, 3.05) is 25.1 Å². The summed E-state index contributed by atoms with van der Waals surface area (Å²) in [6, 6.07) is 9.81. The first kappa shape index (κ1) is 21.4. The SMILES string of the molecule is COc1ccc(C(C)NC(=O)C2CCN(c3oc(-c4ccco4)nc3C#N)CC2)cc1F. The molecule has 1 fully saturated rings. The fourth-order valence-electron chi connectivity index (χ4n) is 3.82. The Labute approximate surface area is 184 Å². The van der Waals surface area contributed by atoms with Crippen molar-refractivity contribution < 1.29 is 22.8 Å². The first-order valence-electron chi connectivity index (χ1n) is 10.3. The number of nitrogens with zero attached hydrogens (tertiary/aromatic N) is 3. The maximum atomic E-state index is 14.0. The minimum Gasteiger partial charge on any atom is -0.494 e. The van der Waals surface area contributed by atoms with Gasteiger partial charge in [-0.15, -0.1) is 0 Å². The summed E-state index contributed by atoms with van der Waals surface area (Å²) in [6.45, 7) is 2.91. The van der Waals surface area contributed by atoms with E-state index in [0.717, 1.165) is 0 Å². The lowest BCUT2D eigenvalue weighted by Crippen LogP contribution is -2.41. The fraction of sp³-hybridized carbons (Fsp3) is 0.348. The monoisotopic (exact) mass is 438 g/mol. The van der Waals surface area contributed by atoms with Crippen LogP contribution in [0.5, 0.6) is 5.75 Å². The van der Waals surface area contributed by atoms with E-state index in [9.17, 15) is 14.4 Å². The van der Waals surface area contributed by atoms with Crippen molar-refractivity contribution in [3.8, 4) is 23.5 Å². The van der Waals surface area contributed by atoms with E-state index in [1.807, 2.05) is 11.8 Å². The molecule has 4 rings (SSSR count). The highest BCUT2D eigenvalue weighted by Gasteiger charge is 2.30. The molecule has 1 N–H and O–H groups in total. The number of piperidine rings is 1. The lowest BCUT2D eigenvalue weighted by Gasteiger charge is -2.31. The molecule has 1 atom stereocenters. The number of anilines is 1. The molecule has 3 aromatic rings. The van der Waals surface area contributed by atoms with E-state index < -0.39 is 5.82 Å². The Hall–Kier alpha value is -3.80. The Bertz CT molecular complexity index is 1130. The van der Waals surface area contributed by atoms with Gasteiger partial charge < -0.3 is 23.8 Å². The standard InChI is InChI=1S/C23H23FN4O4/c1-14(16-5-6-19(30-2)17(24)12-16)26-21(29)15-7-9-28(10-8-15)23-18(13-25)27-22(32-23)20-4-3-11-31-20/h3-6,11-12,14-15H,7-10H2,1-2H3,(H,26,29). The quantitative estimate of drug-likeness (QED) is 0.619. The minimum absolute atomic E-state index is 0.0808. The second-order valence-corrected chi connectivity index (χ2v) is 7.65. The highest BCUT2D eigenvalue weighted by atomic mass is 19.1. The molecule has 0 aliphatic carbocycles. The summed E-state index contributed by atoms with van der Waals surface area (Å²) < 4.78 is 30.0. The number of carbonyl (C=O) groups is 1. The molecule has 0 spiro atoms. The van der Waals surface area contributed by atoms with Crippen LogP contribution in [0.4, 0.5) is 10.3 Å². The van der Waals surface area contributed by atoms with Crippen LogP contribution in [-0.2, 0) is 4.79 Å². The largest absolute Gasteiger partial charge is 0.494 e. The summed E-state index contributed by atoms with van der Waals surface area (Å²) in [5, 5.41) is 12.4. The zero-order chi connectivity index (χ0) is 22.7. The summed E-state index contributed by atoms with van der Waals surface area (Å²) in [5.74, 6) is 0.526. The first-order valence-corrected chi connectivity index (χ1v) is 10.3. The fourth-order valence-corrected chi connectivity index (χ4v) is 3.82. The Morgan fingerprint density at radius 2 is 2.16 bits per heavy atom. The number of nitrogens with one attached hydrogen (secondary N) is 1. The molecule has 1 saturated heterocycles. The second kappa shape index (κ2) is 9.14. The van der Waals surface area contributed by atoms with Crippen molar-refractivity contribution >= 4 is 11.8 Å². The normalized spacial score (nSPS) is 15.2. The molecule has 0 radical (unpaired) electrons. The molecule has 3 heterocycles. The van der Waals surface area contributed by atoms with Gasteiger partial charge in [-0.1, -0.05) is 6.07 Å². The Kier molecular flexibility index (Phi) is 6.12. The topological polar surface area (TPSA) is 105 Å². The second-order valence-electron chi connectivity index (χ2n) is 7.65. The summed E-state index contributed by atoms with van der Waals surface area (Å²) in [7, 11) is 1.41. The predicted molar refractivity (Wildman–Crippen MR) is 113 cm³/mol. The van der Waals surface area contributed by atoms with Gasteiger partial charge in [-0.25, -0.2) is 4.39 Å². The van der Waals surface area contributed by atoms with E-state index in [1.165, 1.54) is 19.4 Å². The highest BCUT2D eigenvalue weighted by molar-refractivity contribution is 5.79. The number of carbonyl (C=O) groups excluding carboxylic acids is 1. The number of benzene rings is 1. The van der Waals surface area contributed by atoms with E-state index in [4.69, 9.17) is 13.6 Å². The number of rotatable bonds is 6. The van der Waals surface area contributed by atoms with Crippen molar-refractivity contribution in [2.24, 2.45) is 5.92 Å². The van der Waals surface area contributed by atoms with Crippen molar-refractivity contribution in [1.29, 1.82) is 5.26 Å². The molecular weight excluding hydrogens is 415 g/mol. The van der Waals surface area contributed by atoms with E-state index in [-0.39, 0.29) is 35.2 Å². The van der Waals surface area contributed by atoms with Crippen LogP contribution >= 0.6 is 0 Å². The molecule has 1 aliphatic heterocycles. The number of hydrogen-bond donors (Lipinski definition) is 1. The molecule has 1 unspecified atom stereocenters. The average molecular weight is 438 g/mol. The summed E-state index contributed by atoms with van der Waals surface area (Å²) in [4.78, 5) is 18.9. The van der Waals surface area contributed by atoms with Gasteiger partial charge in [0.15, 0.2) is 17.3 Å². The Morgan fingerprint density at radius 3 is 2.78 bits per heavy atom. The van der Waals surface area contributed by atoms with E-state index >= 15 is 0 Å². The number of nitriles is 1. The van der Waals surface area contributed by atoms with Crippen LogP contribution in [0.25, 0.3) is 11.7 Å². The van der Waals surface area contributed by atoms with Gasteiger partial charge in [0, 0.05) is 19.0 Å². The Morgan fingerprint density at radius 1 is 1.38 bits per heavy atom. The smallest absolute Gasteiger partial charge is 0.266 e. The molecule has 9 heteroatoms. The van der Waals surface area contributed by atoms with Crippen LogP contribution in [-0.4, -0.2) is 31.1 Å². The lowest BCUT2D eigenvalue weighted by atomic mass is 9.95. The molecular formula is C23H23FN4O4. The molecule has 1 amide bonds. The number of hydrogen-bond acceptors (Lipinski definition) is 7. The molecule has 1 aliphatic rings. The van der Waals surface area contributed by atoms with E-state index in [2.05, 4.69) is 16.4 Å². The Balaban J connectivity index is 1.37. The molecule has 32 heavy (non-hydrogen) atoms. The van der Waals surface area contributed by atoms with Gasteiger partial charge in [-0.3, -0.25) is 4.79 Å². The first-order chi connectivity index (χ1) is 15.5. The van der Waals surface area contributed by atoms with Gasteiger partial charge >= 0.3 is 0 Å². The molecule has 1 aromatic carbocycles. The minimum atomic E-state index is -0.464. The number of furan rings is 1. The zero-order valence-corrected chi connectivity index (χ0v) is 17.8. The van der Waals surface area contributed by atoms with Crippen LogP contribution in [0.2, 0.25) is 0 Å². The number of ether oxygens (including phenoxy) is 1. The predicted octanol–water partition coefficient (Wildman–Crippen LogP) is 4.05. The number of amides is 1. The molecule has 2 aromatic heterocycles. The van der Waals surface area contributed by atoms with Crippen molar-refractivity contribution in [2.45, 2.75) is 25.8 Å². The van der Waals surface area contributed by atoms with Crippen LogP contribution in [0.3, 0.4) is 0 Å². The summed E-state index contributed by atoms with van der Waals surface area (Å²) in [5.41, 5.74) is 0.856. The van der Waals surface area contributed by atoms with Crippen molar-refractivity contribution in [1.82, 2.24) is 10.3 Å². The van der Waals surface area contributed by atoms with Crippen LogP contribution in [0, 0.1) is 23.1 Å². The van der Waals surface area contributed by atoms with Gasteiger partial charge in [-0.2, -0.15) is 10.2 Å².